The van der Waals surface area contributed by atoms with Crippen molar-refractivity contribution in [2.45, 2.75) is 62.8 Å². The Labute approximate surface area is 219 Å². The molecular weight excluding hydrogens is 488 g/mol. The van der Waals surface area contributed by atoms with Gasteiger partial charge in [-0.25, -0.2) is 24.0 Å². The first-order valence-electron chi connectivity index (χ1n) is 13.5. The third-order valence-corrected chi connectivity index (χ3v) is 8.81. The monoisotopic (exact) mass is 519 g/mol. The molecule has 3 aromatic rings. The van der Waals surface area contributed by atoms with Crippen LogP contribution < -0.4 is 16.2 Å². The molecule has 0 saturated carbocycles. The van der Waals surface area contributed by atoms with Gasteiger partial charge >= 0.3 is 6.03 Å². The van der Waals surface area contributed by atoms with Crippen molar-refractivity contribution in [3.05, 3.63) is 83.0 Å². The third-order valence-electron chi connectivity index (χ3n) is 8.81. The lowest BCUT2D eigenvalue weighted by Crippen LogP contribution is -2.57. The zero-order valence-corrected chi connectivity index (χ0v) is 21.0. The zero-order valence-electron chi connectivity index (χ0n) is 21.0. The lowest BCUT2D eigenvalue weighted by atomic mass is 9.95. The van der Waals surface area contributed by atoms with Gasteiger partial charge in [-0.05, 0) is 55.0 Å². The molecule has 2 aromatic heterocycles. The summed E-state index contributed by atoms with van der Waals surface area (Å²) in [6, 6.07) is 8.36. The quantitative estimate of drug-likeness (QED) is 0.491. The molecule has 2 amide bonds. The van der Waals surface area contributed by atoms with E-state index in [4.69, 9.17) is 0 Å². The molecule has 2 unspecified atom stereocenters. The molecule has 0 spiro atoms. The van der Waals surface area contributed by atoms with E-state index < -0.39 is 11.6 Å². The first-order chi connectivity index (χ1) is 18.5. The lowest BCUT2D eigenvalue weighted by Gasteiger charge is -2.41. The second-order valence-electron chi connectivity index (χ2n) is 10.8. The number of carbonyl (C=O) groups excluding carboxylic acids is 1. The van der Waals surface area contributed by atoms with E-state index in [2.05, 4.69) is 38.3 Å². The fourth-order valence-electron chi connectivity index (χ4n) is 6.81. The van der Waals surface area contributed by atoms with Gasteiger partial charge < -0.3 is 20.0 Å². The molecule has 4 aliphatic rings. The smallest absolute Gasteiger partial charge is 0.317 e. The average Bonchev–Trinajstić information content (AvgIpc) is 3.63. The number of nitrogens with zero attached hydrogens (tertiary/aromatic N) is 4. The van der Waals surface area contributed by atoms with Crippen LogP contribution in [0.3, 0.4) is 0 Å². The van der Waals surface area contributed by atoms with Crippen molar-refractivity contribution in [1.29, 1.82) is 0 Å². The number of fused-ring (bicyclic) bond motifs is 3. The molecule has 8 nitrogen and oxygen atoms in total. The van der Waals surface area contributed by atoms with E-state index in [-0.39, 0.29) is 36.3 Å². The Bertz CT molecular complexity index is 1400. The first kappa shape index (κ1) is 23.6. The number of urea groups is 1. The molecule has 0 aliphatic carbocycles. The van der Waals surface area contributed by atoms with Crippen LogP contribution in [0.4, 0.5) is 13.6 Å². The van der Waals surface area contributed by atoms with Crippen molar-refractivity contribution in [2.75, 3.05) is 13.1 Å². The number of carbonyl (C=O) groups is 1. The summed E-state index contributed by atoms with van der Waals surface area (Å²) >= 11 is 0. The molecule has 198 valence electrons. The molecule has 4 atom stereocenters. The summed E-state index contributed by atoms with van der Waals surface area (Å²) in [6.45, 7) is 1.41. The second kappa shape index (κ2) is 9.36. The van der Waals surface area contributed by atoms with Crippen molar-refractivity contribution >= 4 is 11.7 Å². The summed E-state index contributed by atoms with van der Waals surface area (Å²) < 4.78 is 30.8. The number of aromatic nitrogens is 2. The fraction of sp³-hybridized carbons (Fsp3) is 0.429. The van der Waals surface area contributed by atoms with Crippen LogP contribution in [0.15, 0.2) is 60.2 Å². The predicted molar refractivity (Wildman–Crippen MR) is 138 cm³/mol. The van der Waals surface area contributed by atoms with Gasteiger partial charge in [0, 0.05) is 74.0 Å². The first-order valence-corrected chi connectivity index (χ1v) is 13.5. The van der Waals surface area contributed by atoms with Crippen LogP contribution in [0, 0.1) is 11.6 Å². The predicted octanol–water partition coefficient (Wildman–Crippen LogP) is 3.63. The summed E-state index contributed by atoms with van der Waals surface area (Å²) in [7, 11) is 0. The Hall–Kier alpha value is -3.50. The minimum Gasteiger partial charge on any atom is -0.334 e. The molecule has 7 rings (SSSR count). The summed E-state index contributed by atoms with van der Waals surface area (Å²) in [4.78, 5) is 21.9. The maximum Gasteiger partial charge on any atom is 0.317 e. The second-order valence-corrected chi connectivity index (χ2v) is 10.8. The SMILES string of the molecule is O=C(NC1CC[C@H]2CC[C@@H]1N2Cc1c(F)cccc1F)N1CCC2=C(C1)C(c1ccc3nccn3c1)NN2. The van der Waals surface area contributed by atoms with Crippen molar-refractivity contribution in [3.63, 3.8) is 0 Å². The van der Waals surface area contributed by atoms with E-state index in [0.717, 1.165) is 49.0 Å². The number of hydrogen-bond donors (Lipinski definition) is 3. The fourth-order valence-corrected chi connectivity index (χ4v) is 6.81. The molecule has 3 N–H and O–H groups in total. The Morgan fingerprint density at radius 1 is 1.11 bits per heavy atom. The number of halogens is 2. The van der Waals surface area contributed by atoms with Gasteiger partial charge in [0.2, 0.25) is 0 Å². The third kappa shape index (κ3) is 4.03. The van der Waals surface area contributed by atoms with Crippen molar-refractivity contribution in [2.24, 2.45) is 0 Å². The van der Waals surface area contributed by atoms with Crippen molar-refractivity contribution in [3.8, 4) is 0 Å². The number of nitrogens with one attached hydrogen (secondary N) is 3. The summed E-state index contributed by atoms with van der Waals surface area (Å²) in [5.74, 6) is -1.01. The van der Waals surface area contributed by atoms with Crippen molar-refractivity contribution in [1.82, 2.24) is 35.4 Å². The van der Waals surface area contributed by atoms with Gasteiger partial charge in [-0.2, -0.15) is 0 Å². The minimum absolute atomic E-state index is 0.0242. The number of benzene rings is 1. The molecule has 4 aliphatic heterocycles. The van der Waals surface area contributed by atoms with Crippen LogP contribution in [-0.2, 0) is 6.54 Å². The van der Waals surface area contributed by atoms with Crippen LogP contribution in [0.5, 0.6) is 0 Å². The van der Waals surface area contributed by atoms with E-state index in [0.29, 0.717) is 19.1 Å². The van der Waals surface area contributed by atoms with Gasteiger partial charge in [-0.15, -0.1) is 0 Å². The van der Waals surface area contributed by atoms with Gasteiger partial charge in [0.15, 0.2) is 0 Å². The number of rotatable bonds is 4. The Morgan fingerprint density at radius 3 is 2.82 bits per heavy atom. The van der Waals surface area contributed by atoms with Crippen LogP contribution in [0.25, 0.3) is 5.65 Å². The standard InChI is InChI=1S/C28H31F2N7O/c29-21-2-1-3-22(30)19(21)16-37-18-5-7-24(25(37)8-6-18)32-28(38)36-12-10-23-20(15-36)27(34-33-23)17-4-9-26-31-11-13-35(26)14-17/h1-4,9,11,13-14,18,24-25,27,33-34H,5-8,10,12,15-16H2,(H,32,38)/t18-,24?,25-,27?/m0/s1. The van der Waals surface area contributed by atoms with Gasteiger partial charge in [-0.3, -0.25) is 4.90 Å². The average molecular weight is 520 g/mol. The topological polar surface area (TPSA) is 76.9 Å². The van der Waals surface area contributed by atoms with Gasteiger partial charge in [0.25, 0.3) is 0 Å². The van der Waals surface area contributed by atoms with Gasteiger partial charge in [0.05, 0.1) is 6.04 Å². The van der Waals surface area contributed by atoms with Crippen LogP contribution in [0.2, 0.25) is 0 Å². The maximum atomic E-state index is 14.4. The molecular formula is C28H31F2N7O. The number of piperidine rings is 1. The molecule has 2 saturated heterocycles. The highest BCUT2D eigenvalue weighted by Gasteiger charge is 2.44. The van der Waals surface area contributed by atoms with E-state index in [1.54, 1.807) is 6.20 Å². The molecule has 2 fully saturated rings. The Balaban J connectivity index is 1.04. The maximum absolute atomic E-state index is 14.4. The molecule has 0 radical (unpaired) electrons. The van der Waals surface area contributed by atoms with E-state index >= 15 is 0 Å². The molecule has 6 heterocycles. The number of pyridine rings is 1. The van der Waals surface area contributed by atoms with Gasteiger partial charge in [0.1, 0.15) is 17.3 Å². The van der Waals surface area contributed by atoms with E-state index in [1.807, 2.05) is 21.6 Å². The van der Waals surface area contributed by atoms with E-state index in [9.17, 15) is 13.6 Å². The van der Waals surface area contributed by atoms with Crippen LogP contribution in [-0.4, -0.2) is 56.4 Å². The Morgan fingerprint density at radius 2 is 1.95 bits per heavy atom. The highest BCUT2D eigenvalue weighted by molar-refractivity contribution is 5.75. The van der Waals surface area contributed by atoms with Crippen LogP contribution in [0.1, 0.15) is 49.3 Å². The lowest BCUT2D eigenvalue weighted by molar-refractivity contribution is 0.0969. The zero-order chi connectivity index (χ0) is 25.8. The van der Waals surface area contributed by atoms with Crippen molar-refractivity contribution < 1.29 is 13.6 Å². The van der Waals surface area contributed by atoms with Gasteiger partial charge in [-0.1, -0.05) is 12.1 Å². The van der Waals surface area contributed by atoms with Crippen LogP contribution >= 0.6 is 0 Å². The largest absolute Gasteiger partial charge is 0.334 e. The summed E-state index contributed by atoms with van der Waals surface area (Å²) in [5, 5.41) is 3.30. The molecule has 38 heavy (non-hydrogen) atoms. The molecule has 1 aromatic carbocycles. The minimum atomic E-state index is -0.506. The highest BCUT2D eigenvalue weighted by Crippen LogP contribution is 2.38. The highest BCUT2D eigenvalue weighted by atomic mass is 19.1. The molecule has 10 heteroatoms. The summed E-state index contributed by atoms with van der Waals surface area (Å²) in [6.07, 6.45) is 10.3. The number of amides is 2. The Kier molecular flexibility index (Phi) is 5.81. The summed E-state index contributed by atoms with van der Waals surface area (Å²) in [5.41, 5.74) is 11.2. The number of hydrogen-bond acceptors (Lipinski definition) is 5. The number of imidazole rings is 1. The van der Waals surface area contributed by atoms with E-state index in [1.165, 1.54) is 23.8 Å². The number of hydrazine groups is 1. The normalized spacial score (nSPS) is 27.1. The molecule has 2 bridgehead atoms.